The van der Waals surface area contributed by atoms with Crippen molar-refractivity contribution < 1.29 is 9.15 Å². The second-order valence-corrected chi connectivity index (χ2v) is 4.06. The van der Waals surface area contributed by atoms with Crippen LogP contribution in [0.15, 0.2) is 28.7 Å². The van der Waals surface area contributed by atoms with E-state index < -0.39 is 0 Å². The van der Waals surface area contributed by atoms with E-state index in [0.717, 1.165) is 11.4 Å². The Bertz CT molecular complexity index is 516. The number of rotatable bonds is 5. The highest BCUT2D eigenvalue weighted by Gasteiger charge is 2.12. The number of halogens is 1. The number of ether oxygens (including phenoxy) is 1. The molecule has 2 aromatic rings. The molecule has 0 radical (unpaired) electrons. The van der Waals surface area contributed by atoms with Crippen LogP contribution in [0.2, 0.25) is 0 Å². The first-order valence-electron chi connectivity index (χ1n) is 5.50. The number of hydrogen-bond donors (Lipinski definition) is 0. The number of hydrogen-bond acceptors (Lipinski definition) is 5. The van der Waals surface area contributed by atoms with Gasteiger partial charge in [-0.2, -0.15) is 0 Å². The van der Waals surface area contributed by atoms with E-state index in [0.29, 0.717) is 24.2 Å². The molecular formula is C12H14ClN3O2. The summed E-state index contributed by atoms with van der Waals surface area (Å²) in [5, 5.41) is 7.90. The van der Waals surface area contributed by atoms with Gasteiger partial charge in [-0.05, 0) is 12.1 Å². The molecule has 0 saturated heterocycles. The maximum atomic E-state index is 5.62. The molecule has 0 aliphatic heterocycles. The van der Waals surface area contributed by atoms with Crippen LogP contribution in [0.25, 0.3) is 0 Å². The van der Waals surface area contributed by atoms with E-state index in [1.165, 1.54) is 0 Å². The number of aryl methyl sites for hydroxylation is 1. The molecule has 1 heterocycles. The Hall–Kier alpha value is -1.75. The van der Waals surface area contributed by atoms with E-state index in [1.807, 2.05) is 31.3 Å². The second kappa shape index (κ2) is 5.73. The first-order chi connectivity index (χ1) is 8.74. The number of anilines is 2. The topological polar surface area (TPSA) is 51.4 Å². The van der Waals surface area contributed by atoms with E-state index >= 15 is 0 Å². The van der Waals surface area contributed by atoms with E-state index in [1.54, 1.807) is 12.0 Å². The molecule has 0 spiro atoms. The Balaban J connectivity index is 2.20. The molecule has 2 rings (SSSR count). The molecule has 96 valence electrons. The molecule has 0 N–H and O–H groups in total. The fourth-order valence-electron chi connectivity index (χ4n) is 1.49. The zero-order valence-electron chi connectivity index (χ0n) is 10.3. The van der Waals surface area contributed by atoms with Crippen LogP contribution in [-0.4, -0.2) is 30.2 Å². The number of methoxy groups -OCH3 is 1. The molecule has 0 fully saturated rings. The van der Waals surface area contributed by atoms with Gasteiger partial charge >= 0.3 is 6.01 Å². The smallest absolute Gasteiger partial charge is 0.322 e. The minimum absolute atomic E-state index is 0.434. The van der Waals surface area contributed by atoms with E-state index in [2.05, 4.69) is 10.2 Å². The van der Waals surface area contributed by atoms with Gasteiger partial charge in [0.2, 0.25) is 5.89 Å². The van der Waals surface area contributed by atoms with Crippen molar-refractivity contribution in [1.82, 2.24) is 10.2 Å². The molecular weight excluding hydrogens is 254 g/mol. The molecule has 6 heteroatoms. The average molecular weight is 268 g/mol. The van der Waals surface area contributed by atoms with Crippen molar-refractivity contribution in [3.05, 3.63) is 30.2 Å². The highest BCUT2D eigenvalue weighted by atomic mass is 35.5. The highest BCUT2D eigenvalue weighted by molar-refractivity contribution is 6.17. The lowest BCUT2D eigenvalue weighted by atomic mass is 10.3. The summed E-state index contributed by atoms with van der Waals surface area (Å²) in [4.78, 5) is 1.80. The Morgan fingerprint density at radius 1 is 1.39 bits per heavy atom. The third-order valence-electron chi connectivity index (χ3n) is 2.49. The van der Waals surface area contributed by atoms with Gasteiger partial charge in [0.05, 0.1) is 7.11 Å². The zero-order valence-corrected chi connectivity index (χ0v) is 11.0. The lowest BCUT2D eigenvalue weighted by Gasteiger charge is -2.14. The lowest BCUT2D eigenvalue weighted by molar-refractivity contribution is 0.415. The summed E-state index contributed by atoms with van der Waals surface area (Å²) in [7, 11) is 3.48. The first-order valence-corrected chi connectivity index (χ1v) is 6.04. The van der Waals surface area contributed by atoms with Gasteiger partial charge in [-0.15, -0.1) is 16.7 Å². The summed E-state index contributed by atoms with van der Waals surface area (Å²) in [5.74, 6) is 1.78. The lowest BCUT2D eigenvalue weighted by Crippen LogP contribution is -2.09. The number of benzene rings is 1. The molecule has 0 aliphatic carbocycles. The van der Waals surface area contributed by atoms with Gasteiger partial charge in [0, 0.05) is 31.1 Å². The fraction of sp³-hybridized carbons (Fsp3) is 0.333. The zero-order chi connectivity index (χ0) is 13.0. The summed E-state index contributed by atoms with van der Waals surface area (Å²) < 4.78 is 10.7. The van der Waals surface area contributed by atoms with Crippen molar-refractivity contribution in [3.8, 4) is 5.75 Å². The van der Waals surface area contributed by atoms with Crippen molar-refractivity contribution >= 4 is 23.3 Å². The Morgan fingerprint density at radius 3 is 2.94 bits per heavy atom. The summed E-state index contributed by atoms with van der Waals surface area (Å²) in [6.45, 7) is 0. The van der Waals surface area contributed by atoms with Crippen LogP contribution in [0.3, 0.4) is 0 Å². The minimum Gasteiger partial charge on any atom is -0.497 e. The molecule has 0 unspecified atom stereocenters. The molecule has 0 aliphatic rings. The third kappa shape index (κ3) is 2.73. The van der Waals surface area contributed by atoms with Crippen LogP contribution in [0.1, 0.15) is 5.89 Å². The third-order valence-corrected chi connectivity index (χ3v) is 2.68. The molecule has 1 aromatic heterocycles. The Morgan fingerprint density at radius 2 is 2.22 bits per heavy atom. The average Bonchev–Trinajstić information content (AvgIpc) is 2.87. The molecule has 0 atom stereocenters. The van der Waals surface area contributed by atoms with Gasteiger partial charge in [-0.1, -0.05) is 11.2 Å². The predicted octanol–water partition coefficient (Wildman–Crippen LogP) is 2.63. The first kappa shape index (κ1) is 12.7. The van der Waals surface area contributed by atoms with Gasteiger partial charge in [0.1, 0.15) is 5.75 Å². The van der Waals surface area contributed by atoms with Gasteiger partial charge in [-0.3, -0.25) is 4.90 Å². The number of alkyl halides is 1. The van der Waals surface area contributed by atoms with E-state index in [4.69, 9.17) is 20.8 Å². The van der Waals surface area contributed by atoms with E-state index in [-0.39, 0.29) is 0 Å². The predicted molar refractivity (Wildman–Crippen MR) is 69.8 cm³/mol. The van der Waals surface area contributed by atoms with Crippen molar-refractivity contribution in [1.29, 1.82) is 0 Å². The summed E-state index contributed by atoms with van der Waals surface area (Å²) in [5.41, 5.74) is 0.912. The maximum Gasteiger partial charge on any atom is 0.322 e. The van der Waals surface area contributed by atoms with Gasteiger partial charge in [0.25, 0.3) is 0 Å². The fourth-order valence-corrected chi connectivity index (χ4v) is 1.65. The van der Waals surface area contributed by atoms with Crippen LogP contribution in [0.4, 0.5) is 11.7 Å². The number of nitrogens with zero attached hydrogens (tertiary/aromatic N) is 3. The van der Waals surface area contributed by atoms with Crippen LogP contribution in [0, 0.1) is 0 Å². The molecule has 5 nitrogen and oxygen atoms in total. The summed E-state index contributed by atoms with van der Waals surface area (Å²) >= 11 is 5.62. The van der Waals surface area contributed by atoms with Crippen LogP contribution >= 0.6 is 11.6 Å². The Kier molecular flexibility index (Phi) is 4.04. The van der Waals surface area contributed by atoms with E-state index in [9.17, 15) is 0 Å². The molecule has 0 saturated carbocycles. The van der Waals surface area contributed by atoms with Crippen molar-refractivity contribution in [2.75, 3.05) is 24.9 Å². The van der Waals surface area contributed by atoms with Crippen LogP contribution in [0.5, 0.6) is 5.75 Å². The van der Waals surface area contributed by atoms with Crippen molar-refractivity contribution in [3.63, 3.8) is 0 Å². The van der Waals surface area contributed by atoms with Crippen molar-refractivity contribution in [2.24, 2.45) is 0 Å². The molecule has 18 heavy (non-hydrogen) atoms. The monoisotopic (exact) mass is 267 g/mol. The quantitative estimate of drug-likeness (QED) is 0.780. The summed E-state index contributed by atoms with van der Waals surface area (Å²) in [6.07, 6.45) is 0.570. The summed E-state index contributed by atoms with van der Waals surface area (Å²) in [6, 6.07) is 8.05. The van der Waals surface area contributed by atoms with Gasteiger partial charge < -0.3 is 9.15 Å². The molecule has 1 aromatic carbocycles. The normalized spacial score (nSPS) is 10.4. The Labute approximate surface area is 110 Å². The van der Waals surface area contributed by atoms with Gasteiger partial charge in [-0.25, -0.2) is 0 Å². The van der Waals surface area contributed by atoms with Crippen LogP contribution in [-0.2, 0) is 6.42 Å². The maximum absolute atomic E-state index is 5.62. The van der Waals surface area contributed by atoms with Crippen LogP contribution < -0.4 is 9.64 Å². The SMILES string of the molecule is COc1cccc(N(C)c2nnc(CCCl)o2)c1. The van der Waals surface area contributed by atoms with Crippen molar-refractivity contribution in [2.45, 2.75) is 6.42 Å². The standard InChI is InChI=1S/C12H14ClN3O2/c1-16(9-4-3-5-10(8-9)17-2)12-15-14-11(18-12)6-7-13/h3-5,8H,6-7H2,1-2H3. The number of aromatic nitrogens is 2. The molecule has 0 bridgehead atoms. The molecule has 0 amide bonds. The highest BCUT2D eigenvalue weighted by Crippen LogP contribution is 2.25. The van der Waals surface area contributed by atoms with Gasteiger partial charge in [0.15, 0.2) is 0 Å². The minimum atomic E-state index is 0.434. The largest absolute Gasteiger partial charge is 0.497 e. The second-order valence-electron chi connectivity index (χ2n) is 3.68.